The molecule has 25 heavy (non-hydrogen) atoms. The van der Waals surface area contributed by atoms with Gasteiger partial charge in [-0.1, -0.05) is 37.3 Å². The van der Waals surface area contributed by atoms with Crippen molar-refractivity contribution in [2.75, 3.05) is 6.54 Å². The third-order valence-corrected chi connectivity index (χ3v) is 5.36. The van der Waals surface area contributed by atoms with Gasteiger partial charge in [-0.25, -0.2) is 0 Å². The number of nitrogens with one attached hydrogen (secondary N) is 1. The second-order valence-electron chi connectivity index (χ2n) is 7.20. The minimum Gasteiger partial charge on any atom is -0.353 e. The van der Waals surface area contributed by atoms with Crippen molar-refractivity contribution < 1.29 is 9.59 Å². The predicted molar refractivity (Wildman–Crippen MR) is 101 cm³/mol. The highest BCUT2D eigenvalue weighted by Crippen LogP contribution is 2.30. The number of rotatable bonds is 7. The van der Waals surface area contributed by atoms with E-state index in [1.54, 1.807) is 0 Å². The first kappa shape index (κ1) is 19.5. The molecule has 1 saturated carbocycles. The van der Waals surface area contributed by atoms with Gasteiger partial charge < -0.3 is 10.2 Å². The normalized spacial score (nSPS) is 21.4. The average Bonchev–Trinajstić information content (AvgIpc) is 2.66. The third-order valence-electron chi connectivity index (χ3n) is 5.36. The fraction of sp³-hybridized carbons (Fsp3) is 0.619. The molecule has 0 spiro atoms. The zero-order valence-electron chi connectivity index (χ0n) is 15.8. The van der Waals surface area contributed by atoms with Gasteiger partial charge in [0.15, 0.2) is 0 Å². The highest BCUT2D eigenvalue weighted by molar-refractivity contribution is 5.81. The maximum Gasteiger partial charge on any atom is 0.225 e. The van der Waals surface area contributed by atoms with E-state index >= 15 is 0 Å². The lowest BCUT2D eigenvalue weighted by Crippen LogP contribution is -2.41. The summed E-state index contributed by atoms with van der Waals surface area (Å²) in [6.07, 6.45) is 4.24. The zero-order chi connectivity index (χ0) is 18.2. The molecule has 1 fully saturated rings. The zero-order valence-corrected chi connectivity index (χ0v) is 15.8. The molecule has 0 bridgehead atoms. The minimum absolute atomic E-state index is 0.0660. The summed E-state index contributed by atoms with van der Waals surface area (Å²) in [4.78, 5) is 27.1. The highest BCUT2D eigenvalue weighted by atomic mass is 16.2. The molecule has 1 N–H and O–H groups in total. The molecule has 1 atom stereocenters. The number of carbonyl (C=O) groups is 2. The van der Waals surface area contributed by atoms with Gasteiger partial charge in [0, 0.05) is 31.0 Å². The molecule has 0 aromatic heterocycles. The standard InChI is InChI=1S/C21H32N2O2/c1-4-16(3)22-20(24)18-11-13-19(14-12-18)21(25)23(5-2)15-17-9-7-6-8-10-17/h6-10,16,18-19H,4-5,11-15H2,1-3H3,(H,22,24). The van der Waals surface area contributed by atoms with Crippen LogP contribution < -0.4 is 5.32 Å². The summed E-state index contributed by atoms with van der Waals surface area (Å²) in [7, 11) is 0. The lowest BCUT2D eigenvalue weighted by atomic mass is 9.80. The van der Waals surface area contributed by atoms with Gasteiger partial charge in [0.2, 0.25) is 11.8 Å². The largest absolute Gasteiger partial charge is 0.353 e. The van der Waals surface area contributed by atoms with E-state index in [1.807, 2.05) is 36.9 Å². The van der Waals surface area contributed by atoms with E-state index in [0.717, 1.165) is 38.6 Å². The van der Waals surface area contributed by atoms with Crippen LogP contribution in [0, 0.1) is 11.8 Å². The Hall–Kier alpha value is -1.84. The van der Waals surface area contributed by atoms with Gasteiger partial charge in [0.05, 0.1) is 0 Å². The van der Waals surface area contributed by atoms with E-state index in [0.29, 0.717) is 6.54 Å². The van der Waals surface area contributed by atoms with Crippen molar-refractivity contribution >= 4 is 11.8 Å². The number of benzene rings is 1. The average molecular weight is 344 g/mol. The summed E-state index contributed by atoms with van der Waals surface area (Å²) in [6, 6.07) is 10.4. The Morgan fingerprint density at radius 1 is 1.08 bits per heavy atom. The summed E-state index contributed by atoms with van der Waals surface area (Å²) >= 11 is 0. The monoisotopic (exact) mass is 344 g/mol. The van der Waals surface area contributed by atoms with Crippen molar-refractivity contribution in [2.24, 2.45) is 11.8 Å². The molecule has 1 aliphatic carbocycles. The molecule has 4 nitrogen and oxygen atoms in total. The van der Waals surface area contributed by atoms with E-state index in [-0.39, 0.29) is 29.7 Å². The van der Waals surface area contributed by atoms with Gasteiger partial charge in [-0.3, -0.25) is 9.59 Å². The van der Waals surface area contributed by atoms with Gasteiger partial charge in [0.25, 0.3) is 0 Å². The Labute approximate surface area is 152 Å². The molecule has 0 heterocycles. The van der Waals surface area contributed by atoms with Crippen LogP contribution >= 0.6 is 0 Å². The van der Waals surface area contributed by atoms with Crippen molar-refractivity contribution in [1.29, 1.82) is 0 Å². The van der Waals surface area contributed by atoms with Gasteiger partial charge in [-0.15, -0.1) is 0 Å². The molecule has 4 heteroatoms. The first-order valence-corrected chi connectivity index (χ1v) is 9.68. The topological polar surface area (TPSA) is 49.4 Å². The Bertz CT molecular complexity index is 550. The number of nitrogens with zero attached hydrogens (tertiary/aromatic N) is 1. The number of amides is 2. The third kappa shape index (κ3) is 5.58. The Kier molecular flexibility index (Phi) is 7.48. The summed E-state index contributed by atoms with van der Waals surface area (Å²) in [5.74, 6) is 0.544. The van der Waals surface area contributed by atoms with E-state index in [9.17, 15) is 9.59 Å². The molecule has 1 aromatic carbocycles. The van der Waals surface area contributed by atoms with Crippen molar-refractivity contribution in [3.05, 3.63) is 35.9 Å². The number of carbonyl (C=O) groups excluding carboxylic acids is 2. The van der Waals surface area contributed by atoms with Crippen LogP contribution in [0.1, 0.15) is 58.4 Å². The van der Waals surface area contributed by atoms with Crippen molar-refractivity contribution in [2.45, 2.75) is 65.5 Å². The molecule has 1 aliphatic rings. The SMILES string of the molecule is CCC(C)NC(=O)C1CCC(C(=O)N(CC)Cc2ccccc2)CC1. The van der Waals surface area contributed by atoms with E-state index < -0.39 is 0 Å². The fourth-order valence-corrected chi connectivity index (χ4v) is 3.47. The predicted octanol–water partition coefficient (Wildman–Crippen LogP) is 3.76. The quantitative estimate of drug-likeness (QED) is 0.819. The van der Waals surface area contributed by atoms with Crippen LogP contribution in [0.25, 0.3) is 0 Å². The Morgan fingerprint density at radius 3 is 2.24 bits per heavy atom. The first-order chi connectivity index (χ1) is 12.0. The van der Waals surface area contributed by atoms with E-state index in [2.05, 4.69) is 24.4 Å². The first-order valence-electron chi connectivity index (χ1n) is 9.68. The van der Waals surface area contributed by atoms with Crippen LogP contribution in [0.15, 0.2) is 30.3 Å². The van der Waals surface area contributed by atoms with E-state index in [4.69, 9.17) is 0 Å². The Morgan fingerprint density at radius 2 is 1.68 bits per heavy atom. The van der Waals surface area contributed by atoms with Crippen molar-refractivity contribution in [1.82, 2.24) is 10.2 Å². The summed E-state index contributed by atoms with van der Waals surface area (Å²) in [5.41, 5.74) is 1.17. The molecule has 2 rings (SSSR count). The van der Waals surface area contributed by atoms with Gasteiger partial charge in [-0.2, -0.15) is 0 Å². The van der Waals surface area contributed by atoms with Crippen LogP contribution in [0.2, 0.25) is 0 Å². The fourth-order valence-electron chi connectivity index (χ4n) is 3.47. The van der Waals surface area contributed by atoms with Gasteiger partial charge in [0.1, 0.15) is 0 Å². The smallest absolute Gasteiger partial charge is 0.225 e. The molecule has 2 amide bonds. The number of hydrogen-bond acceptors (Lipinski definition) is 2. The summed E-state index contributed by atoms with van der Waals surface area (Å²) < 4.78 is 0. The summed E-state index contributed by atoms with van der Waals surface area (Å²) in [5, 5.41) is 3.08. The molecule has 1 aromatic rings. The van der Waals surface area contributed by atoms with Crippen LogP contribution in [0.4, 0.5) is 0 Å². The molecule has 0 aliphatic heterocycles. The van der Waals surface area contributed by atoms with Crippen LogP contribution in [0.3, 0.4) is 0 Å². The number of hydrogen-bond donors (Lipinski definition) is 1. The molecule has 0 radical (unpaired) electrons. The van der Waals surface area contributed by atoms with Crippen molar-refractivity contribution in [3.63, 3.8) is 0 Å². The van der Waals surface area contributed by atoms with Crippen molar-refractivity contribution in [3.8, 4) is 0 Å². The molecule has 1 unspecified atom stereocenters. The molecular formula is C21H32N2O2. The maximum absolute atomic E-state index is 12.9. The Balaban J connectivity index is 1.86. The van der Waals surface area contributed by atoms with Gasteiger partial charge in [-0.05, 0) is 51.5 Å². The molecular weight excluding hydrogens is 312 g/mol. The lowest BCUT2D eigenvalue weighted by molar-refractivity contribution is -0.138. The maximum atomic E-state index is 12.9. The lowest BCUT2D eigenvalue weighted by Gasteiger charge is -2.31. The van der Waals surface area contributed by atoms with Crippen LogP contribution in [-0.4, -0.2) is 29.3 Å². The minimum atomic E-state index is 0.0660. The second kappa shape index (κ2) is 9.59. The summed E-state index contributed by atoms with van der Waals surface area (Å²) in [6.45, 7) is 7.54. The molecule has 138 valence electrons. The van der Waals surface area contributed by atoms with E-state index in [1.165, 1.54) is 5.56 Å². The second-order valence-corrected chi connectivity index (χ2v) is 7.20. The van der Waals surface area contributed by atoms with Crippen LogP contribution in [0.5, 0.6) is 0 Å². The highest BCUT2D eigenvalue weighted by Gasteiger charge is 2.32. The van der Waals surface area contributed by atoms with Gasteiger partial charge >= 0.3 is 0 Å². The van der Waals surface area contributed by atoms with Crippen LogP contribution in [-0.2, 0) is 16.1 Å². The molecule has 0 saturated heterocycles.